The summed E-state index contributed by atoms with van der Waals surface area (Å²) in [5, 5.41) is 10.6. The summed E-state index contributed by atoms with van der Waals surface area (Å²) in [6, 6.07) is 60.1. The van der Waals surface area contributed by atoms with E-state index in [9.17, 15) is 4.39 Å². The molecule has 3 aromatic heterocycles. The minimum atomic E-state index is -0.256. The zero-order valence-electron chi connectivity index (χ0n) is 33.5. The number of aromatic nitrogens is 3. The average molecular weight is 784 g/mol. The lowest BCUT2D eigenvalue weighted by atomic mass is 9.84. The van der Waals surface area contributed by atoms with Gasteiger partial charge in [0.15, 0.2) is 0 Å². The monoisotopic (exact) mass is 783 g/mol. The smallest absolute Gasteiger partial charge is 0.124 e. The molecule has 288 valence electrons. The van der Waals surface area contributed by atoms with Gasteiger partial charge in [-0.05, 0) is 149 Å². The van der Waals surface area contributed by atoms with Gasteiger partial charge in [-0.25, -0.2) is 4.39 Å². The van der Waals surface area contributed by atoms with Gasteiger partial charge in [0, 0.05) is 29.0 Å². The molecule has 0 aliphatic heterocycles. The van der Waals surface area contributed by atoms with Crippen LogP contribution in [0.5, 0.6) is 0 Å². The molecule has 0 amide bonds. The minimum Gasteiger partial charge on any atom is -0.311 e. The lowest BCUT2D eigenvalue weighted by molar-refractivity contribution is 0.629. The molecule has 0 spiro atoms. The van der Waals surface area contributed by atoms with Crippen molar-refractivity contribution in [2.45, 2.75) is 13.3 Å². The summed E-state index contributed by atoms with van der Waals surface area (Å²) in [7, 11) is 0. The largest absolute Gasteiger partial charge is 0.311 e. The predicted molar refractivity (Wildman–Crippen MR) is 254 cm³/mol. The average Bonchev–Trinajstić information content (AvgIpc) is 3.63. The topological polar surface area (TPSA) is 30.7 Å². The van der Waals surface area contributed by atoms with E-state index in [4.69, 9.17) is 4.98 Å². The van der Waals surface area contributed by atoms with Gasteiger partial charge in [0.1, 0.15) is 5.82 Å². The van der Waals surface area contributed by atoms with Crippen LogP contribution in [-0.4, -0.2) is 14.5 Å². The Morgan fingerprint density at radius 2 is 1.13 bits per heavy atom. The summed E-state index contributed by atoms with van der Waals surface area (Å²) < 4.78 is 16.6. The molecule has 0 radical (unpaired) electrons. The van der Waals surface area contributed by atoms with E-state index in [1.54, 1.807) is 12.3 Å². The van der Waals surface area contributed by atoms with Crippen molar-refractivity contribution in [3.05, 3.63) is 206 Å². The van der Waals surface area contributed by atoms with E-state index in [1.165, 1.54) is 77.0 Å². The second-order valence-corrected chi connectivity index (χ2v) is 16.4. The first kappa shape index (κ1) is 35.3. The number of benzene rings is 8. The molecule has 0 saturated carbocycles. The van der Waals surface area contributed by atoms with Crippen LogP contribution in [0.15, 0.2) is 194 Å². The van der Waals surface area contributed by atoms with Crippen molar-refractivity contribution in [2.75, 3.05) is 0 Å². The molecule has 1 unspecified atom stereocenters. The van der Waals surface area contributed by atoms with Crippen LogP contribution < -0.4 is 0 Å². The first-order valence-electron chi connectivity index (χ1n) is 21.0. The molecule has 11 aromatic rings. The van der Waals surface area contributed by atoms with Gasteiger partial charge in [-0.1, -0.05) is 128 Å². The zero-order chi connectivity index (χ0) is 40.6. The van der Waals surface area contributed by atoms with Crippen LogP contribution in [0.3, 0.4) is 0 Å². The van der Waals surface area contributed by atoms with Crippen LogP contribution in [0.25, 0.3) is 110 Å². The molecule has 3 nitrogen and oxygen atoms in total. The van der Waals surface area contributed by atoms with Gasteiger partial charge in [-0.2, -0.15) is 0 Å². The first-order valence-corrected chi connectivity index (χ1v) is 21.0. The van der Waals surface area contributed by atoms with Gasteiger partial charge in [0.05, 0.1) is 22.2 Å². The molecule has 0 saturated heterocycles. The predicted octanol–water partition coefficient (Wildman–Crippen LogP) is 15.3. The molecule has 0 fully saturated rings. The van der Waals surface area contributed by atoms with Crippen LogP contribution >= 0.6 is 0 Å². The van der Waals surface area contributed by atoms with Crippen LogP contribution in [0, 0.1) is 11.7 Å². The lowest BCUT2D eigenvalue weighted by Crippen LogP contribution is -2.09. The van der Waals surface area contributed by atoms with Crippen LogP contribution in [0.1, 0.15) is 19.0 Å². The molecule has 1 aliphatic rings. The first-order chi connectivity index (χ1) is 30.1. The van der Waals surface area contributed by atoms with E-state index in [0.717, 1.165) is 50.9 Å². The second-order valence-electron chi connectivity index (χ2n) is 16.4. The Morgan fingerprint density at radius 1 is 0.492 bits per heavy atom. The van der Waals surface area contributed by atoms with Crippen molar-refractivity contribution in [2.24, 2.45) is 5.92 Å². The summed E-state index contributed by atoms with van der Waals surface area (Å²) in [5.41, 5.74) is 13.2. The van der Waals surface area contributed by atoms with Crippen LogP contribution in [0.4, 0.5) is 4.39 Å². The van der Waals surface area contributed by atoms with Gasteiger partial charge in [-0.15, -0.1) is 0 Å². The molecule has 3 heterocycles. The Morgan fingerprint density at radius 3 is 1.82 bits per heavy atom. The summed E-state index contributed by atoms with van der Waals surface area (Å²) >= 11 is 0. The molecular weight excluding hydrogens is 746 g/mol. The molecule has 0 N–H and O–H groups in total. The van der Waals surface area contributed by atoms with Crippen molar-refractivity contribution in [3.63, 3.8) is 0 Å². The summed E-state index contributed by atoms with van der Waals surface area (Å²) in [5.74, 6) is -0.0387. The highest BCUT2D eigenvalue weighted by Gasteiger charge is 2.23. The fourth-order valence-electron chi connectivity index (χ4n) is 9.87. The summed E-state index contributed by atoms with van der Waals surface area (Å²) in [6.07, 6.45) is 9.01. The normalized spacial score (nSPS) is 14.4. The molecule has 61 heavy (non-hydrogen) atoms. The van der Waals surface area contributed by atoms with Gasteiger partial charge in [0.25, 0.3) is 0 Å². The Balaban J connectivity index is 0.986. The maximum Gasteiger partial charge on any atom is 0.124 e. The van der Waals surface area contributed by atoms with Gasteiger partial charge in [0.2, 0.25) is 0 Å². The Kier molecular flexibility index (Phi) is 8.07. The molecule has 12 rings (SSSR count). The third-order valence-corrected chi connectivity index (χ3v) is 12.8. The van der Waals surface area contributed by atoms with Crippen LogP contribution in [-0.2, 0) is 0 Å². The van der Waals surface area contributed by atoms with Crippen molar-refractivity contribution >= 4 is 76.3 Å². The third kappa shape index (κ3) is 5.78. The van der Waals surface area contributed by atoms with Gasteiger partial charge >= 0.3 is 0 Å². The van der Waals surface area contributed by atoms with Crippen molar-refractivity contribution in [1.82, 2.24) is 14.5 Å². The third-order valence-electron chi connectivity index (χ3n) is 12.8. The van der Waals surface area contributed by atoms with Crippen molar-refractivity contribution in [1.29, 1.82) is 0 Å². The van der Waals surface area contributed by atoms with E-state index in [0.29, 0.717) is 0 Å². The second kappa shape index (κ2) is 14.0. The number of fused-ring (bicyclic) bond motifs is 7. The van der Waals surface area contributed by atoms with Gasteiger partial charge in [-0.3, -0.25) is 9.97 Å². The highest BCUT2D eigenvalue weighted by atomic mass is 19.1. The molecule has 1 atom stereocenters. The SMILES string of the molecule is CC1CC(n2c3ccc(F)cc3c3ncccc32)=CC=C1c1ccc(-c2ccc3c(-c4ccc5ccccc5c4)c4ccccc4c(-c4ccc5ccccc5c4)c3c2)cn1. The van der Waals surface area contributed by atoms with Crippen molar-refractivity contribution in [3.8, 4) is 33.4 Å². The van der Waals surface area contributed by atoms with Gasteiger partial charge < -0.3 is 4.57 Å². The zero-order valence-corrected chi connectivity index (χ0v) is 33.5. The Labute approximate surface area is 352 Å². The molecule has 0 bridgehead atoms. The Hall–Kier alpha value is -7.69. The molecular formula is C57H38FN3. The number of nitrogens with zero attached hydrogens (tertiary/aromatic N) is 3. The number of hydrogen-bond donors (Lipinski definition) is 0. The fourth-order valence-corrected chi connectivity index (χ4v) is 9.87. The molecule has 1 aliphatic carbocycles. The van der Waals surface area contributed by atoms with E-state index < -0.39 is 0 Å². The van der Waals surface area contributed by atoms with E-state index in [1.807, 2.05) is 18.3 Å². The van der Waals surface area contributed by atoms with E-state index in [-0.39, 0.29) is 11.7 Å². The Bertz CT molecular complexity index is 3650. The summed E-state index contributed by atoms with van der Waals surface area (Å²) in [6.45, 7) is 2.26. The van der Waals surface area contributed by atoms with Crippen LogP contribution in [0.2, 0.25) is 0 Å². The maximum atomic E-state index is 14.4. The summed E-state index contributed by atoms with van der Waals surface area (Å²) in [4.78, 5) is 9.74. The quantitative estimate of drug-likeness (QED) is 0.163. The molecule has 8 aromatic carbocycles. The van der Waals surface area contributed by atoms with E-state index >= 15 is 0 Å². The number of halogens is 1. The highest BCUT2D eigenvalue weighted by Crippen LogP contribution is 2.46. The number of pyridine rings is 2. The standard InChI is InChI=1S/C57H38FN3/c1-35-29-45(61-53-27-22-44(58)33-51(53)57-54(61)15-8-28-59-57)23-25-46(35)52-26-21-43(34-60-52)40-20-24-49-50(32-40)56(42-19-17-37-10-3-5-12-39(37)31-42)48-14-7-6-13-47(48)55(49)41-18-16-36-9-2-4-11-38(36)30-41/h2-28,30-35H,29H2,1H3. The highest BCUT2D eigenvalue weighted by molar-refractivity contribution is 6.22. The number of allylic oxidation sites excluding steroid dienone is 4. The number of hydrogen-bond acceptors (Lipinski definition) is 2. The van der Waals surface area contributed by atoms with E-state index in [2.05, 4.69) is 174 Å². The number of rotatable bonds is 5. The van der Waals surface area contributed by atoms with Crippen molar-refractivity contribution < 1.29 is 4.39 Å². The molecule has 4 heteroatoms. The maximum absolute atomic E-state index is 14.4. The lowest BCUT2D eigenvalue weighted by Gasteiger charge is -2.23. The minimum absolute atomic E-state index is 0.218. The fraction of sp³-hybridized carbons (Fsp3) is 0.0526.